The molecule has 2 unspecified atom stereocenters. The minimum Gasteiger partial charge on any atom is -0.334 e. The van der Waals surface area contributed by atoms with Gasteiger partial charge >= 0.3 is 0 Å². The van der Waals surface area contributed by atoms with Crippen LogP contribution < -0.4 is 5.56 Å². The van der Waals surface area contributed by atoms with Gasteiger partial charge in [-0.2, -0.15) is 5.26 Å². The van der Waals surface area contributed by atoms with Gasteiger partial charge in [0, 0.05) is 37.9 Å². The molecule has 6 heteroatoms. The van der Waals surface area contributed by atoms with Gasteiger partial charge in [-0.25, -0.2) is 0 Å². The quantitative estimate of drug-likeness (QED) is 0.891. The molecule has 1 N–H and O–H groups in total. The number of hydrogen-bond acceptors (Lipinski definition) is 4. The lowest BCUT2D eigenvalue weighted by Crippen LogP contribution is -2.47. The molecule has 144 valence electrons. The Morgan fingerprint density at radius 2 is 2.00 bits per heavy atom. The zero-order valence-corrected chi connectivity index (χ0v) is 16.0. The van der Waals surface area contributed by atoms with E-state index in [1.165, 1.54) is 11.6 Å². The van der Waals surface area contributed by atoms with Gasteiger partial charge in [-0.3, -0.25) is 14.5 Å². The molecule has 2 aromatic rings. The van der Waals surface area contributed by atoms with Crippen LogP contribution in [0.4, 0.5) is 0 Å². The molecule has 6 nitrogen and oxygen atoms in total. The van der Waals surface area contributed by atoms with Crippen LogP contribution in [0.25, 0.3) is 0 Å². The van der Waals surface area contributed by atoms with Gasteiger partial charge in [-0.05, 0) is 37.3 Å². The Morgan fingerprint density at radius 3 is 2.75 bits per heavy atom. The second kappa shape index (κ2) is 7.61. The first-order valence-electron chi connectivity index (χ1n) is 9.76. The third-order valence-electron chi connectivity index (χ3n) is 5.89. The zero-order chi connectivity index (χ0) is 19.7. The first-order chi connectivity index (χ1) is 13.5. The number of piperidine rings is 1. The third kappa shape index (κ3) is 3.58. The first kappa shape index (κ1) is 18.5. The number of pyridine rings is 1. The summed E-state index contributed by atoms with van der Waals surface area (Å²) in [5, 5.41) is 9.15. The lowest BCUT2D eigenvalue weighted by Gasteiger charge is -2.36. The first-order valence-corrected chi connectivity index (χ1v) is 9.76. The van der Waals surface area contributed by atoms with Gasteiger partial charge < -0.3 is 9.88 Å². The van der Waals surface area contributed by atoms with Crippen molar-refractivity contribution in [1.29, 1.82) is 5.26 Å². The van der Waals surface area contributed by atoms with Crippen LogP contribution in [0.2, 0.25) is 0 Å². The van der Waals surface area contributed by atoms with Crippen LogP contribution in [0.1, 0.15) is 40.0 Å². The van der Waals surface area contributed by atoms with E-state index in [0.29, 0.717) is 17.2 Å². The number of nitrogens with one attached hydrogen (secondary N) is 1. The van der Waals surface area contributed by atoms with Crippen LogP contribution in [0, 0.1) is 24.2 Å². The lowest BCUT2D eigenvalue weighted by atomic mass is 9.94. The summed E-state index contributed by atoms with van der Waals surface area (Å²) >= 11 is 0. The summed E-state index contributed by atoms with van der Waals surface area (Å²) in [4.78, 5) is 32.1. The predicted molar refractivity (Wildman–Crippen MR) is 106 cm³/mol. The maximum Gasteiger partial charge on any atom is 0.266 e. The number of aromatic nitrogens is 1. The van der Waals surface area contributed by atoms with Crippen molar-refractivity contribution in [2.45, 2.75) is 32.4 Å². The molecular formula is C22H24N4O2. The van der Waals surface area contributed by atoms with E-state index in [9.17, 15) is 9.59 Å². The molecule has 0 aliphatic carbocycles. The van der Waals surface area contributed by atoms with Gasteiger partial charge in [-0.15, -0.1) is 0 Å². The average molecular weight is 376 g/mol. The van der Waals surface area contributed by atoms with Crippen molar-refractivity contribution in [2.24, 2.45) is 5.92 Å². The summed E-state index contributed by atoms with van der Waals surface area (Å²) < 4.78 is 0. The fourth-order valence-corrected chi connectivity index (χ4v) is 4.48. The highest BCUT2D eigenvalue weighted by Gasteiger charge is 2.37. The Kier molecular flexibility index (Phi) is 5.01. The number of nitriles is 1. The minimum absolute atomic E-state index is 0.0142. The number of rotatable bonds is 3. The minimum atomic E-state index is -0.442. The highest BCUT2D eigenvalue weighted by Crippen LogP contribution is 2.30. The standard InChI is InChI=1S/C22H24N4O2/c1-15-20(9-18(10-23)21(27)24-15)22(28)26-13-17-7-8-19(26)14-25(12-17)11-16-5-3-2-4-6-16/h2-6,9,17,19H,7-8,11-14H2,1H3,(H,24,27). The van der Waals surface area contributed by atoms with Crippen LogP contribution in [-0.2, 0) is 6.54 Å². The van der Waals surface area contributed by atoms with Crippen LogP contribution >= 0.6 is 0 Å². The number of carbonyl (C=O) groups excluding carboxylic acids is 1. The van der Waals surface area contributed by atoms with Crippen molar-refractivity contribution < 1.29 is 4.79 Å². The smallest absolute Gasteiger partial charge is 0.266 e. The number of amides is 1. The van der Waals surface area contributed by atoms with E-state index < -0.39 is 5.56 Å². The zero-order valence-electron chi connectivity index (χ0n) is 16.0. The molecule has 3 fully saturated rings. The molecule has 3 aliphatic rings. The Morgan fingerprint density at radius 1 is 1.21 bits per heavy atom. The van der Waals surface area contributed by atoms with Crippen molar-refractivity contribution in [3.8, 4) is 6.07 Å². The summed E-state index contributed by atoms with van der Waals surface area (Å²) in [5.41, 5.74) is 1.79. The molecule has 3 aliphatic heterocycles. The van der Waals surface area contributed by atoms with Gasteiger partial charge in [0.2, 0.25) is 0 Å². The van der Waals surface area contributed by atoms with Crippen molar-refractivity contribution in [2.75, 3.05) is 19.6 Å². The maximum atomic E-state index is 13.3. The van der Waals surface area contributed by atoms with Gasteiger partial charge in [0.05, 0.1) is 5.56 Å². The highest BCUT2D eigenvalue weighted by molar-refractivity contribution is 5.95. The van der Waals surface area contributed by atoms with Gasteiger partial charge in [0.15, 0.2) is 0 Å². The monoisotopic (exact) mass is 376 g/mol. The average Bonchev–Trinajstić information content (AvgIpc) is 2.99. The molecule has 28 heavy (non-hydrogen) atoms. The van der Waals surface area contributed by atoms with Crippen molar-refractivity contribution in [3.63, 3.8) is 0 Å². The van der Waals surface area contributed by atoms with Gasteiger partial charge in [0.25, 0.3) is 11.5 Å². The number of nitrogens with zero attached hydrogens (tertiary/aromatic N) is 3. The maximum absolute atomic E-state index is 13.3. The number of carbonyl (C=O) groups is 1. The number of H-pyrrole nitrogens is 1. The van der Waals surface area contributed by atoms with E-state index in [2.05, 4.69) is 34.1 Å². The number of aromatic amines is 1. The number of benzene rings is 1. The molecule has 3 saturated heterocycles. The van der Waals surface area contributed by atoms with Crippen LogP contribution in [0.15, 0.2) is 41.2 Å². The molecule has 1 aromatic carbocycles. The van der Waals surface area contributed by atoms with E-state index in [4.69, 9.17) is 5.26 Å². The van der Waals surface area contributed by atoms with Gasteiger partial charge in [0.1, 0.15) is 11.6 Å². The summed E-state index contributed by atoms with van der Waals surface area (Å²) in [6.07, 6.45) is 2.13. The molecule has 2 atom stereocenters. The predicted octanol–water partition coefficient (Wildman–Crippen LogP) is 2.29. The van der Waals surface area contributed by atoms with Gasteiger partial charge in [-0.1, -0.05) is 30.3 Å². The number of fused-ring (bicyclic) bond motifs is 4. The summed E-state index contributed by atoms with van der Waals surface area (Å²) in [7, 11) is 0. The molecular weight excluding hydrogens is 352 g/mol. The largest absolute Gasteiger partial charge is 0.334 e. The third-order valence-corrected chi connectivity index (χ3v) is 5.89. The molecule has 0 spiro atoms. The molecule has 2 bridgehead atoms. The summed E-state index contributed by atoms with van der Waals surface area (Å²) in [6.45, 7) is 5.18. The molecule has 0 radical (unpaired) electrons. The fraction of sp³-hybridized carbons (Fsp3) is 0.409. The molecule has 5 rings (SSSR count). The van der Waals surface area contributed by atoms with E-state index in [-0.39, 0.29) is 17.5 Å². The summed E-state index contributed by atoms with van der Waals surface area (Å²) in [6, 6.07) is 13.9. The summed E-state index contributed by atoms with van der Waals surface area (Å²) in [5.74, 6) is 0.367. The Hall–Kier alpha value is -2.91. The van der Waals surface area contributed by atoms with E-state index in [1.54, 1.807) is 6.92 Å². The Balaban J connectivity index is 1.56. The van der Waals surface area contributed by atoms with Crippen molar-refractivity contribution in [1.82, 2.24) is 14.8 Å². The fourth-order valence-electron chi connectivity index (χ4n) is 4.48. The van der Waals surface area contributed by atoms with Crippen LogP contribution in [0.3, 0.4) is 0 Å². The second-order valence-corrected chi connectivity index (χ2v) is 7.90. The molecule has 1 aromatic heterocycles. The Labute approximate surface area is 164 Å². The molecule has 4 heterocycles. The van der Waals surface area contributed by atoms with E-state index >= 15 is 0 Å². The normalized spacial score (nSPS) is 21.9. The van der Waals surface area contributed by atoms with E-state index in [1.807, 2.05) is 17.0 Å². The van der Waals surface area contributed by atoms with E-state index in [0.717, 1.165) is 39.0 Å². The Bertz CT molecular complexity index is 976. The van der Waals surface area contributed by atoms with Crippen LogP contribution in [-0.4, -0.2) is 46.4 Å². The number of aryl methyl sites for hydroxylation is 1. The molecule has 0 saturated carbocycles. The highest BCUT2D eigenvalue weighted by atomic mass is 16.2. The SMILES string of the molecule is Cc1[nH]c(=O)c(C#N)cc1C(=O)N1CC2CCC1CN(Cc1ccccc1)C2. The topological polar surface area (TPSA) is 80.2 Å². The lowest BCUT2D eigenvalue weighted by molar-refractivity contribution is 0.0583. The van der Waals surface area contributed by atoms with Crippen molar-refractivity contribution >= 4 is 5.91 Å². The van der Waals surface area contributed by atoms with Crippen molar-refractivity contribution in [3.05, 3.63) is 69.1 Å². The molecule has 1 amide bonds. The number of hydrogen-bond donors (Lipinski definition) is 1. The second-order valence-electron chi connectivity index (χ2n) is 7.90. The van der Waals surface area contributed by atoms with Crippen LogP contribution in [0.5, 0.6) is 0 Å².